The van der Waals surface area contributed by atoms with Gasteiger partial charge in [-0.05, 0) is 43.3 Å². The first-order valence-electron chi connectivity index (χ1n) is 11.1. The van der Waals surface area contributed by atoms with E-state index in [1.165, 1.54) is 12.1 Å². The fourth-order valence-electron chi connectivity index (χ4n) is 3.63. The quantitative estimate of drug-likeness (QED) is 0.279. The van der Waals surface area contributed by atoms with Crippen molar-refractivity contribution in [3.8, 4) is 28.4 Å². The molecule has 2 N–H and O–H groups in total. The zero-order valence-electron chi connectivity index (χ0n) is 19.8. The lowest BCUT2D eigenvalue weighted by molar-refractivity contribution is 0.262. The fourth-order valence-corrected chi connectivity index (χ4v) is 3.85. The molecule has 0 aliphatic rings. The third kappa shape index (κ3) is 5.76. The van der Waals surface area contributed by atoms with Gasteiger partial charge in [-0.25, -0.2) is 14.2 Å². The smallest absolute Gasteiger partial charge is 0.323 e. The van der Waals surface area contributed by atoms with Crippen molar-refractivity contribution in [1.82, 2.24) is 24.3 Å². The number of ether oxygens (including phenoxy) is 1. The highest BCUT2D eigenvalue weighted by Gasteiger charge is 2.12. The number of rotatable bonds is 6. The average Bonchev–Trinajstić information content (AvgIpc) is 3.49. The number of anilines is 2. The minimum atomic E-state index is -0.658. The van der Waals surface area contributed by atoms with E-state index in [1.807, 2.05) is 26.4 Å². The minimum Gasteiger partial charge on any atom is -0.457 e. The number of imidazole rings is 1. The van der Waals surface area contributed by atoms with Gasteiger partial charge in [0.05, 0.1) is 35.3 Å². The number of carbonyl (C=O) groups is 1. The summed E-state index contributed by atoms with van der Waals surface area (Å²) in [6.07, 6.45) is 8.61. The third-order valence-corrected chi connectivity index (χ3v) is 5.52. The molecule has 0 spiro atoms. The molecule has 3 heterocycles. The maximum absolute atomic E-state index is 14.8. The van der Waals surface area contributed by atoms with E-state index in [9.17, 15) is 9.18 Å². The lowest BCUT2D eigenvalue weighted by Crippen LogP contribution is -2.20. The van der Waals surface area contributed by atoms with Crippen LogP contribution < -0.4 is 15.4 Å². The van der Waals surface area contributed by atoms with Crippen LogP contribution in [0.25, 0.3) is 16.9 Å². The van der Waals surface area contributed by atoms with E-state index in [1.54, 1.807) is 64.4 Å². The van der Waals surface area contributed by atoms with Crippen LogP contribution in [0.1, 0.15) is 5.69 Å². The molecule has 11 heteroatoms. The number of aryl methyl sites for hydroxylation is 2. The van der Waals surface area contributed by atoms with Crippen LogP contribution in [-0.4, -0.2) is 30.3 Å². The van der Waals surface area contributed by atoms with Crippen molar-refractivity contribution in [2.75, 3.05) is 10.6 Å². The molecule has 0 radical (unpaired) electrons. The van der Waals surface area contributed by atoms with Crippen LogP contribution in [0.5, 0.6) is 11.5 Å². The van der Waals surface area contributed by atoms with Gasteiger partial charge in [0.15, 0.2) is 0 Å². The van der Waals surface area contributed by atoms with Crippen molar-refractivity contribution in [2.24, 2.45) is 7.05 Å². The molecule has 0 atom stereocenters. The van der Waals surface area contributed by atoms with Crippen LogP contribution >= 0.6 is 11.6 Å². The lowest BCUT2D eigenvalue weighted by atomic mass is 10.2. The SMILES string of the molecule is Cc1cn(-c2cc(Cl)cc(NC(=O)Nc3ccc(Oc4ccnc(-c5cnn(C)c5)c4)cc3F)c2)cn1. The zero-order valence-corrected chi connectivity index (χ0v) is 20.6. The predicted molar refractivity (Wildman–Crippen MR) is 139 cm³/mol. The number of aromatic nitrogens is 5. The summed E-state index contributed by atoms with van der Waals surface area (Å²) in [5.41, 5.74) is 3.49. The summed E-state index contributed by atoms with van der Waals surface area (Å²) in [6.45, 7) is 1.87. The van der Waals surface area contributed by atoms with Gasteiger partial charge in [0.2, 0.25) is 0 Å². The van der Waals surface area contributed by atoms with Crippen molar-refractivity contribution in [1.29, 1.82) is 0 Å². The number of hydrogen-bond acceptors (Lipinski definition) is 5. The van der Waals surface area contributed by atoms with Crippen molar-refractivity contribution in [2.45, 2.75) is 6.92 Å². The number of nitrogens with one attached hydrogen (secondary N) is 2. The monoisotopic (exact) mass is 517 g/mol. The maximum Gasteiger partial charge on any atom is 0.323 e. The molecule has 2 aromatic carbocycles. The first-order chi connectivity index (χ1) is 17.8. The first-order valence-corrected chi connectivity index (χ1v) is 11.5. The van der Waals surface area contributed by atoms with E-state index in [0.29, 0.717) is 22.2 Å². The molecule has 9 nitrogen and oxygen atoms in total. The van der Waals surface area contributed by atoms with Gasteiger partial charge in [0, 0.05) is 54.0 Å². The molecule has 0 bridgehead atoms. The molecule has 0 aliphatic carbocycles. The second-order valence-corrected chi connectivity index (χ2v) is 8.66. The van der Waals surface area contributed by atoms with Gasteiger partial charge in [-0.3, -0.25) is 9.67 Å². The summed E-state index contributed by atoms with van der Waals surface area (Å²) < 4.78 is 24.0. The maximum atomic E-state index is 14.8. The number of pyridine rings is 1. The predicted octanol–water partition coefficient (Wildman–Crippen LogP) is 6.21. The van der Waals surface area contributed by atoms with Crippen LogP contribution in [0.4, 0.5) is 20.6 Å². The van der Waals surface area contributed by atoms with E-state index in [2.05, 4.69) is 25.7 Å². The van der Waals surface area contributed by atoms with E-state index < -0.39 is 11.8 Å². The summed E-state index contributed by atoms with van der Waals surface area (Å²) in [5.74, 6) is 0.0910. The Balaban J connectivity index is 1.26. The van der Waals surface area contributed by atoms with Gasteiger partial charge in [-0.15, -0.1) is 0 Å². The Morgan fingerprint density at radius 1 is 1.03 bits per heavy atom. The highest BCUT2D eigenvalue weighted by Crippen LogP contribution is 2.28. The van der Waals surface area contributed by atoms with E-state index in [4.69, 9.17) is 16.3 Å². The Morgan fingerprint density at radius 3 is 2.59 bits per heavy atom. The van der Waals surface area contributed by atoms with Crippen molar-refractivity contribution < 1.29 is 13.9 Å². The summed E-state index contributed by atoms with van der Waals surface area (Å²) >= 11 is 6.22. The Morgan fingerprint density at radius 2 is 1.86 bits per heavy atom. The molecule has 5 rings (SSSR count). The van der Waals surface area contributed by atoms with Gasteiger partial charge in [-0.2, -0.15) is 5.10 Å². The molecule has 5 aromatic rings. The highest BCUT2D eigenvalue weighted by molar-refractivity contribution is 6.31. The fraction of sp³-hybridized carbons (Fsp3) is 0.0769. The lowest BCUT2D eigenvalue weighted by Gasteiger charge is -2.12. The topological polar surface area (TPSA) is 98.9 Å². The van der Waals surface area contributed by atoms with Crippen LogP contribution in [0.2, 0.25) is 5.02 Å². The summed E-state index contributed by atoms with van der Waals surface area (Å²) in [5, 5.41) is 9.74. The van der Waals surface area contributed by atoms with E-state index >= 15 is 0 Å². The number of halogens is 2. The molecule has 186 valence electrons. The number of amides is 2. The Labute approximate surface area is 216 Å². The number of hydrogen-bond donors (Lipinski definition) is 2. The minimum absolute atomic E-state index is 0.0110. The number of benzene rings is 2. The highest BCUT2D eigenvalue weighted by atomic mass is 35.5. The van der Waals surface area contributed by atoms with Gasteiger partial charge >= 0.3 is 6.03 Å². The normalized spacial score (nSPS) is 10.8. The number of nitrogens with zero attached hydrogens (tertiary/aromatic N) is 5. The zero-order chi connectivity index (χ0) is 25.9. The number of carbonyl (C=O) groups excluding carboxylic acids is 1. The summed E-state index contributed by atoms with van der Waals surface area (Å²) in [4.78, 5) is 21.1. The molecule has 37 heavy (non-hydrogen) atoms. The molecule has 0 saturated carbocycles. The largest absolute Gasteiger partial charge is 0.457 e. The van der Waals surface area contributed by atoms with Crippen LogP contribution in [-0.2, 0) is 7.05 Å². The van der Waals surface area contributed by atoms with Crippen molar-refractivity contribution in [3.05, 3.63) is 96.2 Å². The first kappa shape index (κ1) is 24.0. The van der Waals surface area contributed by atoms with Gasteiger partial charge in [0.25, 0.3) is 0 Å². The molecule has 0 unspecified atom stereocenters. The molecule has 3 aromatic heterocycles. The van der Waals surface area contributed by atoms with Crippen LogP contribution in [0.3, 0.4) is 0 Å². The Hall–Kier alpha value is -4.70. The molecule has 2 amide bonds. The second-order valence-electron chi connectivity index (χ2n) is 8.22. The van der Waals surface area contributed by atoms with Gasteiger partial charge < -0.3 is 19.9 Å². The van der Waals surface area contributed by atoms with Gasteiger partial charge in [0.1, 0.15) is 17.3 Å². The van der Waals surface area contributed by atoms with Crippen LogP contribution in [0, 0.1) is 12.7 Å². The Bertz CT molecular complexity index is 1600. The molecular weight excluding hydrogens is 497 g/mol. The van der Waals surface area contributed by atoms with E-state index in [0.717, 1.165) is 16.9 Å². The standard InChI is InChI=1S/C26H21ClFN7O2/c1-16-13-35(15-30-16)20-8-18(27)7-19(9-20)32-26(36)33-24-4-3-21(10-23(24)28)37-22-5-6-29-25(11-22)17-12-31-34(2)14-17/h3-15H,1-2H3,(H2,32,33,36). The van der Waals surface area contributed by atoms with Crippen molar-refractivity contribution >= 4 is 29.0 Å². The van der Waals surface area contributed by atoms with Crippen molar-refractivity contribution in [3.63, 3.8) is 0 Å². The summed E-state index contributed by atoms with van der Waals surface area (Å²) in [6, 6.07) is 12.0. The Kier molecular flexibility index (Phi) is 6.57. The van der Waals surface area contributed by atoms with Gasteiger partial charge in [-0.1, -0.05) is 11.6 Å². The van der Waals surface area contributed by atoms with E-state index in [-0.39, 0.29) is 11.4 Å². The molecule has 0 saturated heterocycles. The molecule has 0 fully saturated rings. The third-order valence-electron chi connectivity index (χ3n) is 5.31. The average molecular weight is 518 g/mol. The number of urea groups is 1. The summed E-state index contributed by atoms with van der Waals surface area (Å²) in [7, 11) is 1.82. The molecule has 0 aliphatic heterocycles. The van der Waals surface area contributed by atoms with Crippen LogP contribution in [0.15, 0.2) is 79.6 Å². The molecular formula is C26H21ClFN7O2. The second kappa shape index (κ2) is 10.1.